The third-order valence-corrected chi connectivity index (χ3v) is 2.86. The van der Waals surface area contributed by atoms with E-state index in [9.17, 15) is 9.59 Å². The molecule has 1 aromatic carbocycles. The molecule has 1 aromatic heterocycles. The molecule has 5 heteroatoms. The van der Waals surface area contributed by atoms with Gasteiger partial charge in [-0.3, -0.25) is 0 Å². The Labute approximate surface area is 114 Å². The van der Waals surface area contributed by atoms with Gasteiger partial charge in [0, 0.05) is 11.5 Å². The SMILES string of the molecule is CCOC(=O)/C=C/c1c(Cl)c2ccccc2oc1=O. The van der Waals surface area contributed by atoms with Gasteiger partial charge < -0.3 is 9.15 Å². The number of esters is 1. The van der Waals surface area contributed by atoms with Gasteiger partial charge >= 0.3 is 11.6 Å². The number of para-hydroxylation sites is 1. The molecule has 0 aliphatic carbocycles. The number of rotatable bonds is 3. The Bertz CT molecular complexity index is 700. The third kappa shape index (κ3) is 2.85. The standard InChI is InChI=1S/C14H11ClO4/c1-2-18-12(16)8-7-10-13(15)9-5-3-4-6-11(9)19-14(10)17/h3-8H,2H2,1H3/b8-7+. The predicted molar refractivity (Wildman–Crippen MR) is 73.2 cm³/mol. The van der Waals surface area contributed by atoms with E-state index in [-0.39, 0.29) is 17.2 Å². The molecule has 98 valence electrons. The molecule has 0 amide bonds. The lowest BCUT2D eigenvalue weighted by Crippen LogP contribution is -2.05. The molecule has 0 unspecified atom stereocenters. The van der Waals surface area contributed by atoms with Gasteiger partial charge in [0.05, 0.1) is 17.2 Å². The van der Waals surface area contributed by atoms with Crippen molar-refractivity contribution in [2.45, 2.75) is 6.92 Å². The van der Waals surface area contributed by atoms with E-state index in [1.165, 1.54) is 6.08 Å². The molecule has 19 heavy (non-hydrogen) atoms. The van der Waals surface area contributed by atoms with Crippen molar-refractivity contribution in [1.82, 2.24) is 0 Å². The minimum Gasteiger partial charge on any atom is -0.463 e. The second-order valence-corrected chi connectivity index (χ2v) is 4.08. The largest absolute Gasteiger partial charge is 0.463 e. The molecule has 0 aliphatic heterocycles. The monoisotopic (exact) mass is 278 g/mol. The number of benzene rings is 1. The minimum absolute atomic E-state index is 0.133. The molecule has 0 bridgehead atoms. The van der Waals surface area contributed by atoms with Crippen LogP contribution in [-0.4, -0.2) is 12.6 Å². The van der Waals surface area contributed by atoms with E-state index in [0.29, 0.717) is 11.0 Å². The van der Waals surface area contributed by atoms with E-state index in [0.717, 1.165) is 6.08 Å². The molecule has 0 saturated heterocycles. The molecule has 2 rings (SSSR count). The van der Waals surface area contributed by atoms with Crippen molar-refractivity contribution < 1.29 is 13.9 Å². The summed E-state index contributed by atoms with van der Waals surface area (Å²) in [6.45, 7) is 1.96. The van der Waals surface area contributed by atoms with Crippen molar-refractivity contribution in [1.29, 1.82) is 0 Å². The molecule has 2 aromatic rings. The number of ether oxygens (including phenoxy) is 1. The molecular weight excluding hydrogens is 268 g/mol. The minimum atomic E-state index is -0.593. The van der Waals surface area contributed by atoms with Crippen molar-refractivity contribution >= 4 is 34.6 Å². The smallest absolute Gasteiger partial charge is 0.345 e. The number of halogens is 1. The summed E-state index contributed by atoms with van der Waals surface area (Å²) in [5.74, 6) is -0.536. The summed E-state index contributed by atoms with van der Waals surface area (Å²) in [4.78, 5) is 23.0. The van der Waals surface area contributed by atoms with Crippen molar-refractivity contribution in [2.75, 3.05) is 6.61 Å². The lowest BCUT2D eigenvalue weighted by atomic mass is 10.1. The highest BCUT2D eigenvalue weighted by atomic mass is 35.5. The average molecular weight is 279 g/mol. The van der Waals surface area contributed by atoms with Gasteiger partial charge in [-0.1, -0.05) is 23.7 Å². The summed E-state index contributed by atoms with van der Waals surface area (Å²) in [7, 11) is 0. The first-order valence-electron chi connectivity index (χ1n) is 5.69. The summed E-state index contributed by atoms with van der Waals surface area (Å²) in [6.07, 6.45) is 2.45. The first-order chi connectivity index (χ1) is 9.13. The zero-order chi connectivity index (χ0) is 13.8. The lowest BCUT2D eigenvalue weighted by molar-refractivity contribution is -0.137. The van der Waals surface area contributed by atoms with Crippen molar-refractivity contribution in [2.24, 2.45) is 0 Å². The van der Waals surface area contributed by atoms with E-state index < -0.39 is 11.6 Å². The van der Waals surface area contributed by atoms with Gasteiger partial charge in [-0.05, 0) is 25.1 Å². The Morgan fingerprint density at radius 2 is 2.16 bits per heavy atom. The average Bonchev–Trinajstić information content (AvgIpc) is 2.39. The molecule has 0 spiro atoms. The Morgan fingerprint density at radius 3 is 2.89 bits per heavy atom. The van der Waals surface area contributed by atoms with E-state index in [1.54, 1.807) is 31.2 Å². The van der Waals surface area contributed by atoms with Gasteiger partial charge in [-0.2, -0.15) is 0 Å². The molecular formula is C14H11ClO4. The predicted octanol–water partition coefficient (Wildman–Crippen LogP) is 3.02. The maximum atomic E-state index is 11.8. The quantitative estimate of drug-likeness (QED) is 0.492. The summed E-state index contributed by atoms with van der Waals surface area (Å²) in [5, 5.41) is 0.875. The Hall–Kier alpha value is -2.07. The van der Waals surface area contributed by atoms with Crippen LogP contribution in [0, 0.1) is 0 Å². The van der Waals surface area contributed by atoms with Crippen molar-refractivity contribution in [3.63, 3.8) is 0 Å². The Kier molecular flexibility index (Phi) is 4.02. The number of hydrogen-bond donors (Lipinski definition) is 0. The van der Waals surface area contributed by atoms with Gasteiger partial charge in [0.25, 0.3) is 0 Å². The molecule has 0 aliphatic rings. The van der Waals surface area contributed by atoms with Crippen LogP contribution in [0.4, 0.5) is 0 Å². The normalized spacial score (nSPS) is 11.1. The van der Waals surface area contributed by atoms with Crippen LogP contribution in [0.2, 0.25) is 5.02 Å². The van der Waals surface area contributed by atoms with Crippen LogP contribution in [0.5, 0.6) is 0 Å². The van der Waals surface area contributed by atoms with Crippen LogP contribution in [-0.2, 0) is 9.53 Å². The number of hydrogen-bond acceptors (Lipinski definition) is 4. The molecule has 1 heterocycles. The topological polar surface area (TPSA) is 56.5 Å². The lowest BCUT2D eigenvalue weighted by Gasteiger charge is -2.02. The fourth-order valence-corrected chi connectivity index (χ4v) is 1.91. The molecule has 0 fully saturated rings. The molecule has 0 N–H and O–H groups in total. The maximum Gasteiger partial charge on any atom is 0.345 e. The summed E-state index contributed by atoms with van der Waals surface area (Å²) < 4.78 is 9.85. The highest BCUT2D eigenvalue weighted by Crippen LogP contribution is 2.25. The zero-order valence-corrected chi connectivity index (χ0v) is 10.9. The number of fused-ring (bicyclic) bond motifs is 1. The number of carbonyl (C=O) groups excluding carboxylic acids is 1. The fraction of sp³-hybridized carbons (Fsp3) is 0.143. The fourth-order valence-electron chi connectivity index (χ4n) is 1.61. The molecule has 4 nitrogen and oxygen atoms in total. The summed E-state index contributed by atoms with van der Waals surface area (Å²) in [6, 6.07) is 6.92. The highest BCUT2D eigenvalue weighted by molar-refractivity contribution is 6.36. The molecule has 0 radical (unpaired) electrons. The van der Waals surface area contributed by atoms with Gasteiger partial charge in [0.15, 0.2) is 0 Å². The maximum absolute atomic E-state index is 11.8. The first-order valence-corrected chi connectivity index (χ1v) is 6.07. The highest BCUT2D eigenvalue weighted by Gasteiger charge is 2.10. The van der Waals surface area contributed by atoms with Gasteiger partial charge in [0.2, 0.25) is 0 Å². The van der Waals surface area contributed by atoms with Crippen LogP contribution in [0.1, 0.15) is 12.5 Å². The molecule has 0 saturated carbocycles. The van der Waals surface area contributed by atoms with Crippen LogP contribution in [0.25, 0.3) is 17.0 Å². The molecule has 0 atom stereocenters. The summed E-state index contributed by atoms with van der Waals surface area (Å²) in [5.41, 5.74) is -0.0524. The van der Waals surface area contributed by atoms with Crippen LogP contribution >= 0.6 is 11.6 Å². The van der Waals surface area contributed by atoms with Gasteiger partial charge in [0.1, 0.15) is 5.58 Å². The van der Waals surface area contributed by atoms with Crippen LogP contribution in [0.15, 0.2) is 39.6 Å². The van der Waals surface area contributed by atoms with Crippen molar-refractivity contribution in [3.8, 4) is 0 Å². The second-order valence-electron chi connectivity index (χ2n) is 3.70. The van der Waals surface area contributed by atoms with Crippen LogP contribution in [0.3, 0.4) is 0 Å². The Balaban J connectivity index is 2.49. The number of carbonyl (C=O) groups is 1. The third-order valence-electron chi connectivity index (χ3n) is 2.46. The second kappa shape index (κ2) is 5.71. The van der Waals surface area contributed by atoms with Crippen molar-refractivity contribution in [3.05, 3.63) is 51.3 Å². The van der Waals surface area contributed by atoms with Gasteiger partial charge in [-0.25, -0.2) is 9.59 Å². The zero-order valence-electron chi connectivity index (χ0n) is 10.2. The van der Waals surface area contributed by atoms with E-state index in [1.807, 2.05) is 0 Å². The van der Waals surface area contributed by atoms with Gasteiger partial charge in [-0.15, -0.1) is 0 Å². The van der Waals surface area contributed by atoms with E-state index >= 15 is 0 Å². The van der Waals surface area contributed by atoms with E-state index in [4.69, 9.17) is 20.8 Å². The van der Waals surface area contributed by atoms with E-state index in [2.05, 4.69) is 0 Å². The first kappa shape index (κ1) is 13.4. The Morgan fingerprint density at radius 1 is 1.42 bits per heavy atom. The summed E-state index contributed by atoms with van der Waals surface area (Å²) >= 11 is 6.14. The van der Waals surface area contributed by atoms with Crippen LogP contribution < -0.4 is 5.63 Å².